The molecule has 2 aromatic heterocycles. The average molecular weight is 263 g/mol. The molecular formula is C11H9N3O3S. The number of hydrogen-bond donors (Lipinski definition) is 1. The van der Waals surface area contributed by atoms with Crippen LogP contribution in [0.4, 0.5) is 5.13 Å². The highest BCUT2D eigenvalue weighted by Crippen LogP contribution is 2.19. The molecule has 0 saturated carbocycles. The van der Waals surface area contributed by atoms with Crippen molar-refractivity contribution in [3.05, 3.63) is 41.2 Å². The van der Waals surface area contributed by atoms with Crippen LogP contribution in [0.2, 0.25) is 0 Å². The summed E-state index contributed by atoms with van der Waals surface area (Å²) in [5.74, 6) is -0.854. The Hall–Kier alpha value is -2.28. The van der Waals surface area contributed by atoms with Gasteiger partial charge in [-0.3, -0.25) is 15.1 Å². The van der Waals surface area contributed by atoms with Gasteiger partial charge < -0.3 is 4.74 Å². The van der Waals surface area contributed by atoms with Crippen LogP contribution >= 0.6 is 11.3 Å². The van der Waals surface area contributed by atoms with E-state index in [2.05, 4.69) is 20.0 Å². The standard InChI is InChI=1S/C11H9N3O3S/c1-17-10(16)8-6-13-11(18-8)14-9(15)7-4-2-3-5-12-7/h2-6H,1H3,(H,13,14,15). The highest BCUT2D eigenvalue weighted by atomic mass is 32.1. The molecule has 2 heterocycles. The summed E-state index contributed by atoms with van der Waals surface area (Å²) in [6.45, 7) is 0. The Balaban J connectivity index is 2.08. The molecule has 0 aliphatic heterocycles. The molecule has 0 fully saturated rings. The van der Waals surface area contributed by atoms with Crippen molar-refractivity contribution in [2.24, 2.45) is 0 Å². The number of carbonyl (C=O) groups is 2. The number of thiazole rings is 1. The zero-order valence-electron chi connectivity index (χ0n) is 9.41. The van der Waals surface area contributed by atoms with Crippen LogP contribution in [0.5, 0.6) is 0 Å². The molecule has 6 nitrogen and oxygen atoms in total. The van der Waals surface area contributed by atoms with Crippen LogP contribution in [0.3, 0.4) is 0 Å². The second kappa shape index (κ2) is 5.37. The molecule has 7 heteroatoms. The number of nitrogens with one attached hydrogen (secondary N) is 1. The molecule has 1 amide bonds. The Morgan fingerprint density at radius 3 is 2.83 bits per heavy atom. The smallest absolute Gasteiger partial charge is 0.349 e. The van der Waals surface area contributed by atoms with Gasteiger partial charge in [-0.2, -0.15) is 0 Å². The lowest BCUT2D eigenvalue weighted by Gasteiger charge is -1.99. The van der Waals surface area contributed by atoms with Crippen molar-refractivity contribution in [1.29, 1.82) is 0 Å². The summed E-state index contributed by atoms with van der Waals surface area (Å²) >= 11 is 1.04. The topological polar surface area (TPSA) is 81.2 Å². The number of anilines is 1. The quantitative estimate of drug-likeness (QED) is 0.850. The third kappa shape index (κ3) is 2.69. The van der Waals surface area contributed by atoms with E-state index < -0.39 is 5.97 Å². The van der Waals surface area contributed by atoms with E-state index in [-0.39, 0.29) is 11.6 Å². The molecule has 92 valence electrons. The van der Waals surface area contributed by atoms with Crippen LogP contribution in [0.25, 0.3) is 0 Å². The molecular weight excluding hydrogens is 254 g/mol. The number of esters is 1. The largest absolute Gasteiger partial charge is 0.465 e. The normalized spacial score (nSPS) is 9.83. The van der Waals surface area contributed by atoms with Crippen molar-refractivity contribution >= 4 is 28.3 Å². The molecule has 2 rings (SSSR count). The van der Waals surface area contributed by atoms with E-state index in [1.54, 1.807) is 18.2 Å². The molecule has 0 bridgehead atoms. The van der Waals surface area contributed by atoms with Crippen LogP contribution in [0, 0.1) is 0 Å². The van der Waals surface area contributed by atoms with E-state index in [9.17, 15) is 9.59 Å². The monoisotopic (exact) mass is 263 g/mol. The van der Waals surface area contributed by atoms with Crippen molar-refractivity contribution in [2.45, 2.75) is 0 Å². The summed E-state index contributed by atoms with van der Waals surface area (Å²) in [5, 5.41) is 2.88. The first-order valence-electron chi connectivity index (χ1n) is 4.97. The number of amides is 1. The van der Waals surface area contributed by atoms with E-state index in [0.717, 1.165) is 11.3 Å². The van der Waals surface area contributed by atoms with Crippen LogP contribution in [0.1, 0.15) is 20.2 Å². The number of ether oxygens (including phenoxy) is 1. The van der Waals surface area contributed by atoms with E-state index in [0.29, 0.717) is 10.0 Å². The van der Waals surface area contributed by atoms with E-state index in [4.69, 9.17) is 0 Å². The Morgan fingerprint density at radius 1 is 1.33 bits per heavy atom. The third-order valence-electron chi connectivity index (χ3n) is 2.01. The zero-order valence-corrected chi connectivity index (χ0v) is 10.2. The molecule has 0 atom stereocenters. The van der Waals surface area contributed by atoms with Crippen molar-refractivity contribution in [1.82, 2.24) is 9.97 Å². The number of carbonyl (C=O) groups excluding carboxylic acids is 2. The Labute approximate surface area is 107 Å². The molecule has 0 aliphatic carbocycles. The summed E-state index contributed by atoms with van der Waals surface area (Å²) in [6.07, 6.45) is 2.88. The maximum absolute atomic E-state index is 11.7. The van der Waals surface area contributed by atoms with Crippen molar-refractivity contribution in [2.75, 3.05) is 12.4 Å². The molecule has 0 saturated heterocycles. The highest BCUT2D eigenvalue weighted by Gasteiger charge is 2.13. The number of methoxy groups -OCH3 is 1. The minimum atomic E-state index is -0.481. The van der Waals surface area contributed by atoms with Crippen molar-refractivity contribution < 1.29 is 14.3 Å². The first-order valence-corrected chi connectivity index (χ1v) is 5.79. The predicted octanol–water partition coefficient (Wildman–Crippen LogP) is 1.58. The first kappa shape index (κ1) is 12.2. The zero-order chi connectivity index (χ0) is 13.0. The van der Waals surface area contributed by atoms with Gasteiger partial charge in [-0.05, 0) is 12.1 Å². The maximum Gasteiger partial charge on any atom is 0.349 e. The van der Waals surface area contributed by atoms with E-state index in [1.807, 2.05) is 0 Å². The van der Waals surface area contributed by atoms with Crippen molar-refractivity contribution in [3.8, 4) is 0 Å². The molecule has 1 N–H and O–H groups in total. The molecule has 18 heavy (non-hydrogen) atoms. The summed E-state index contributed by atoms with van der Waals surface area (Å²) in [7, 11) is 1.29. The minimum Gasteiger partial charge on any atom is -0.465 e. The second-order valence-electron chi connectivity index (χ2n) is 3.19. The molecule has 2 aromatic rings. The lowest BCUT2D eigenvalue weighted by Crippen LogP contribution is -2.12. The van der Waals surface area contributed by atoms with Gasteiger partial charge in [-0.1, -0.05) is 17.4 Å². The first-order chi connectivity index (χ1) is 8.70. The molecule has 0 aliphatic rings. The van der Waals surface area contributed by atoms with Gasteiger partial charge in [-0.15, -0.1) is 0 Å². The molecule has 0 spiro atoms. The number of pyridine rings is 1. The Bertz CT molecular complexity index is 568. The number of hydrogen-bond acceptors (Lipinski definition) is 6. The summed E-state index contributed by atoms with van der Waals surface area (Å²) in [4.78, 5) is 31.1. The van der Waals surface area contributed by atoms with Gasteiger partial charge in [0.05, 0.1) is 13.3 Å². The highest BCUT2D eigenvalue weighted by molar-refractivity contribution is 7.17. The SMILES string of the molecule is COC(=O)c1cnc(NC(=O)c2ccccn2)s1. The van der Waals surface area contributed by atoms with Crippen LogP contribution in [0.15, 0.2) is 30.6 Å². The Morgan fingerprint density at radius 2 is 2.17 bits per heavy atom. The minimum absolute atomic E-state index is 0.285. The number of rotatable bonds is 3. The molecule has 0 unspecified atom stereocenters. The third-order valence-corrected chi connectivity index (χ3v) is 2.90. The molecule has 0 aromatic carbocycles. The predicted molar refractivity (Wildman–Crippen MR) is 65.6 cm³/mol. The fourth-order valence-electron chi connectivity index (χ4n) is 1.19. The van der Waals surface area contributed by atoms with Crippen molar-refractivity contribution in [3.63, 3.8) is 0 Å². The van der Waals surface area contributed by atoms with Gasteiger partial charge in [0, 0.05) is 6.20 Å². The Kier molecular flexibility index (Phi) is 3.63. The second-order valence-corrected chi connectivity index (χ2v) is 4.22. The lowest BCUT2D eigenvalue weighted by atomic mass is 10.3. The van der Waals surface area contributed by atoms with Gasteiger partial charge in [0.25, 0.3) is 5.91 Å². The lowest BCUT2D eigenvalue weighted by molar-refractivity contribution is 0.0606. The summed E-state index contributed by atoms with van der Waals surface area (Å²) < 4.78 is 4.55. The van der Waals surface area contributed by atoms with Crippen LogP contribution < -0.4 is 5.32 Å². The van der Waals surface area contributed by atoms with Crippen LogP contribution in [-0.2, 0) is 4.74 Å². The van der Waals surface area contributed by atoms with Gasteiger partial charge in [0.2, 0.25) is 0 Å². The van der Waals surface area contributed by atoms with Crippen LogP contribution in [-0.4, -0.2) is 29.0 Å². The molecule has 0 radical (unpaired) electrons. The van der Waals surface area contributed by atoms with Gasteiger partial charge >= 0.3 is 5.97 Å². The summed E-state index contributed by atoms with van der Waals surface area (Å²) in [5.41, 5.74) is 0.285. The number of aromatic nitrogens is 2. The fourth-order valence-corrected chi connectivity index (χ4v) is 1.91. The number of nitrogens with zero attached hydrogens (tertiary/aromatic N) is 2. The fraction of sp³-hybridized carbons (Fsp3) is 0.0909. The average Bonchev–Trinajstić information content (AvgIpc) is 2.87. The van der Waals surface area contributed by atoms with E-state index >= 15 is 0 Å². The summed E-state index contributed by atoms with van der Waals surface area (Å²) in [6, 6.07) is 5.02. The van der Waals surface area contributed by atoms with E-state index in [1.165, 1.54) is 19.5 Å². The van der Waals surface area contributed by atoms with Gasteiger partial charge in [-0.25, -0.2) is 9.78 Å². The maximum atomic E-state index is 11.7. The van der Waals surface area contributed by atoms with Gasteiger partial charge in [0.15, 0.2) is 5.13 Å². The van der Waals surface area contributed by atoms with Gasteiger partial charge in [0.1, 0.15) is 10.6 Å².